The Morgan fingerprint density at radius 3 is 2.84 bits per heavy atom. The largest absolute Gasteiger partial charge is 0.467 e. The second kappa shape index (κ2) is 8.58. The zero-order valence-electron chi connectivity index (χ0n) is 17.0. The van der Waals surface area contributed by atoms with Crippen LogP contribution in [0.1, 0.15) is 40.9 Å². The summed E-state index contributed by atoms with van der Waals surface area (Å²) in [5.41, 5.74) is 2.46. The minimum absolute atomic E-state index is 0.0202. The number of Topliss-reactive ketones (excluding diaryl/α,β-unsaturated/α-hetero) is 1. The number of anilines is 2. The zero-order chi connectivity index (χ0) is 21.2. The molecule has 1 saturated heterocycles. The lowest BCUT2D eigenvalue weighted by atomic mass is 9.99. The third-order valence-corrected chi connectivity index (χ3v) is 6.60. The van der Waals surface area contributed by atoms with Crippen LogP contribution in [0, 0.1) is 0 Å². The molecule has 0 atom stereocenters. The molecule has 8 nitrogen and oxygen atoms in total. The lowest BCUT2D eigenvalue weighted by Crippen LogP contribution is -2.22. The molecule has 0 spiro atoms. The van der Waals surface area contributed by atoms with Crippen LogP contribution in [0.5, 0.6) is 0 Å². The molecule has 5 rings (SSSR count). The number of carbonyl (C=O) groups is 2. The molecule has 4 heterocycles. The number of aryl methyl sites for hydroxylation is 1. The van der Waals surface area contributed by atoms with Gasteiger partial charge in [0.25, 0.3) is 0 Å². The van der Waals surface area contributed by atoms with E-state index in [1.807, 2.05) is 28.8 Å². The lowest BCUT2D eigenvalue weighted by Gasteiger charge is -2.18. The molecular formula is C22H23N5O3S. The van der Waals surface area contributed by atoms with Crippen molar-refractivity contribution in [3.8, 4) is 0 Å². The predicted molar refractivity (Wildman–Crippen MR) is 118 cm³/mol. The smallest absolute Gasteiger partial charge is 0.228 e. The molecule has 1 N–H and O–H groups in total. The first-order valence-electron chi connectivity index (χ1n) is 10.5. The van der Waals surface area contributed by atoms with Crippen molar-refractivity contribution in [1.29, 1.82) is 0 Å². The average Bonchev–Trinajstić information content (AvgIpc) is 3.54. The summed E-state index contributed by atoms with van der Waals surface area (Å²) in [5, 5.41) is 12.4. The van der Waals surface area contributed by atoms with Gasteiger partial charge in [-0.1, -0.05) is 11.8 Å². The topological polar surface area (TPSA) is 93.3 Å². The number of amides is 1. The van der Waals surface area contributed by atoms with Gasteiger partial charge in [0.2, 0.25) is 11.9 Å². The Bertz CT molecular complexity index is 1100. The fourth-order valence-corrected chi connectivity index (χ4v) is 4.83. The first-order valence-corrected chi connectivity index (χ1v) is 11.5. The number of hydrogen-bond acceptors (Lipinski definition) is 7. The molecular weight excluding hydrogens is 414 g/mol. The van der Waals surface area contributed by atoms with E-state index in [4.69, 9.17) is 4.42 Å². The number of benzene rings is 1. The van der Waals surface area contributed by atoms with E-state index >= 15 is 0 Å². The molecule has 0 radical (unpaired) electrons. The van der Waals surface area contributed by atoms with Crippen LogP contribution in [0.15, 0.2) is 46.2 Å². The highest BCUT2D eigenvalue weighted by molar-refractivity contribution is 7.99. The molecule has 31 heavy (non-hydrogen) atoms. The maximum Gasteiger partial charge on any atom is 0.228 e. The molecule has 2 aromatic heterocycles. The molecule has 0 aliphatic carbocycles. The summed E-state index contributed by atoms with van der Waals surface area (Å²) in [6.45, 7) is 2.46. The molecule has 1 fully saturated rings. The van der Waals surface area contributed by atoms with Crippen LogP contribution >= 0.6 is 11.8 Å². The average molecular weight is 438 g/mol. The molecule has 1 aromatic carbocycles. The second-order valence-corrected chi connectivity index (χ2v) is 8.72. The first-order chi connectivity index (χ1) is 15.2. The third kappa shape index (κ3) is 4.23. The number of fused-ring (bicyclic) bond motifs is 1. The van der Waals surface area contributed by atoms with Crippen LogP contribution in [0.4, 0.5) is 11.6 Å². The maximum absolute atomic E-state index is 12.9. The second-order valence-electron chi connectivity index (χ2n) is 7.77. The lowest BCUT2D eigenvalue weighted by molar-refractivity contribution is -0.116. The summed E-state index contributed by atoms with van der Waals surface area (Å²) < 4.78 is 7.57. The van der Waals surface area contributed by atoms with E-state index < -0.39 is 0 Å². The van der Waals surface area contributed by atoms with Crippen molar-refractivity contribution in [3.05, 3.63) is 53.5 Å². The summed E-state index contributed by atoms with van der Waals surface area (Å²) in [7, 11) is 0. The van der Waals surface area contributed by atoms with E-state index in [0.717, 1.165) is 48.9 Å². The van der Waals surface area contributed by atoms with Crippen molar-refractivity contribution >= 4 is 35.1 Å². The normalized spacial score (nSPS) is 15.7. The van der Waals surface area contributed by atoms with Gasteiger partial charge in [-0.05, 0) is 55.2 Å². The molecule has 9 heteroatoms. The van der Waals surface area contributed by atoms with Gasteiger partial charge in [0.05, 0.1) is 18.6 Å². The standard InChI is InChI=1S/C22H23N5O3S/c28-19(16-5-7-18-15(12-16)6-8-20(29)23-18)14-31-22-25-24-21(26-9-1-2-10-26)27(22)13-17-4-3-11-30-17/h3-5,7,11-12H,1-2,6,8-10,13-14H2,(H,23,29). The summed E-state index contributed by atoms with van der Waals surface area (Å²) in [6.07, 6.45) is 5.06. The number of nitrogens with one attached hydrogen (secondary N) is 1. The Morgan fingerprint density at radius 2 is 2.03 bits per heavy atom. The Kier molecular flexibility index (Phi) is 5.50. The third-order valence-electron chi connectivity index (χ3n) is 5.64. The van der Waals surface area contributed by atoms with Gasteiger partial charge in [-0.3, -0.25) is 14.2 Å². The molecule has 2 aliphatic rings. The minimum atomic E-state index is 0.0202. The van der Waals surface area contributed by atoms with Crippen molar-refractivity contribution < 1.29 is 14.0 Å². The highest BCUT2D eigenvalue weighted by Crippen LogP contribution is 2.28. The maximum atomic E-state index is 12.9. The van der Waals surface area contributed by atoms with Gasteiger partial charge in [-0.2, -0.15) is 0 Å². The van der Waals surface area contributed by atoms with Crippen LogP contribution in [0.25, 0.3) is 0 Å². The summed E-state index contributed by atoms with van der Waals surface area (Å²) in [6, 6.07) is 9.27. The van der Waals surface area contributed by atoms with Crippen LogP contribution in [-0.2, 0) is 17.8 Å². The molecule has 0 saturated carbocycles. The minimum Gasteiger partial charge on any atom is -0.467 e. The van der Waals surface area contributed by atoms with Gasteiger partial charge in [0.15, 0.2) is 10.9 Å². The van der Waals surface area contributed by atoms with E-state index in [-0.39, 0.29) is 17.4 Å². The van der Waals surface area contributed by atoms with Crippen LogP contribution in [0.3, 0.4) is 0 Å². The predicted octanol–water partition coefficient (Wildman–Crippen LogP) is 3.38. The van der Waals surface area contributed by atoms with Crippen LogP contribution in [0.2, 0.25) is 0 Å². The van der Waals surface area contributed by atoms with Crippen molar-refractivity contribution in [3.63, 3.8) is 0 Å². The SMILES string of the molecule is O=C1CCc2cc(C(=O)CSc3nnc(N4CCCC4)n3Cc3ccco3)ccc2N1. The zero-order valence-corrected chi connectivity index (χ0v) is 17.9. The van der Waals surface area contributed by atoms with Crippen LogP contribution in [-0.4, -0.2) is 45.3 Å². The Labute approximate surface area is 184 Å². The Balaban J connectivity index is 1.32. The van der Waals surface area contributed by atoms with Crippen molar-refractivity contribution in [2.75, 3.05) is 29.1 Å². The Morgan fingerprint density at radius 1 is 1.16 bits per heavy atom. The first kappa shape index (κ1) is 19.9. The highest BCUT2D eigenvalue weighted by atomic mass is 32.2. The van der Waals surface area contributed by atoms with Gasteiger partial charge in [0, 0.05) is 30.8 Å². The number of aromatic nitrogens is 3. The van der Waals surface area contributed by atoms with Crippen molar-refractivity contribution in [1.82, 2.24) is 14.8 Å². The quantitative estimate of drug-likeness (QED) is 0.447. The number of carbonyl (C=O) groups excluding carboxylic acids is 2. The molecule has 1 amide bonds. The monoisotopic (exact) mass is 437 g/mol. The number of rotatable bonds is 7. The van der Waals surface area contributed by atoms with Gasteiger partial charge in [-0.25, -0.2) is 0 Å². The fourth-order valence-electron chi connectivity index (χ4n) is 4.01. The number of thioether (sulfide) groups is 1. The van der Waals surface area contributed by atoms with Crippen molar-refractivity contribution in [2.45, 2.75) is 37.4 Å². The summed E-state index contributed by atoms with van der Waals surface area (Å²) in [5.74, 6) is 1.96. The van der Waals surface area contributed by atoms with Crippen LogP contribution < -0.4 is 10.2 Å². The van der Waals surface area contributed by atoms with Gasteiger partial charge >= 0.3 is 0 Å². The van der Waals surface area contributed by atoms with E-state index in [0.29, 0.717) is 30.1 Å². The van der Waals surface area contributed by atoms with Gasteiger partial charge in [-0.15, -0.1) is 10.2 Å². The van der Waals surface area contributed by atoms with Gasteiger partial charge in [0.1, 0.15) is 5.76 Å². The molecule has 160 valence electrons. The van der Waals surface area contributed by atoms with E-state index in [9.17, 15) is 9.59 Å². The fraction of sp³-hybridized carbons (Fsp3) is 0.364. The highest BCUT2D eigenvalue weighted by Gasteiger charge is 2.23. The molecule has 3 aromatic rings. The van der Waals surface area contributed by atoms with E-state index in [1.165, 1.54) is 11.8 Å². The molecule has 0 bridgehead atoms. The number of hydrogen-bond donors (Lipinski definition) is 1. The van der Waals surface area contributed by atoms with E-state index in [1.54, 1.807) is 12.3 Å². The number of ketones is 1. The summed E-state index contributed by atoms with van der Waals surface area (Å²) >= 11 is 1.39. The Hall–Kier alpha value is -3.07. The molecule has 2 aliphatic heterocycles. The van der Waals surface area contributed by atoms with Gasteiger partial charge < -0.3 is 14.6 Å². The van der Waals surface area contributed by atoms with E-state index in [2.05, 4.69) is 20.4 Å². The number of furan rings is 1. The van der Waals surface area contributed by atoms with Crippen molar-refractivity contribution in [2.24, 2.45) is 0 Å². The molecule has 0 unspecified atom stereocenters. The number of nitrogens with zero attached hydrogens (tertiary/aromatic N) is 4. The summed E-state index contributed by atoms with van der Waals surface area (Å²) in [4.78, 5) is 26.6.